The minimum atomic E-state index is -0.226. The van der Waals surface area contributed by atoms with Gasteiger partial charge in [-0.05, 0) is 25.7 Å². The number of unbranched alkanes of at least 4 members (excludes halogenated alkanes) is 11. The lowest BCUT2D eigenvalue weighted by Crippen LogP contribution is -2.48. The minimum Gasteiger partial charge on any atom is -0.461 e. The minimum absolute atomic E-state index is 0.0201. The smallest absolute Gasteiger partial charge is 0.313 e. The van der Waals surface area contributed by atoms with Crippen LogP contribution in [0.3, 0.4) is 0 Å². The van der Waals surface area contributed by atoms with Crippen molar-refractivity contribution < 1.29 is 19.1 Å². The highest BCUT2D eigenvalue weighted by Gasteiger charge is 2.43. The molecular weight excluding hydrogens is 426 g/mol. The van der Waals surface area contributed by atoms with E-state index in [2.05, 4.69) is 13.8 Å². The van der Waals surface area contributed by atoms with E-state index >= 15 is 0 Å². The molecule has 198 valence electrons. The van der Waals surface area contributed by atoms with Crippen molar-refractivity contribution in [2.45, 2.75) is 161 Å². The molecule has 34 heavy (non-hydrogen) atoms. The number of amides is 1. The van der Waals surface area contributed by atoms with Crippen LogP contribution in [-0.2, 0) is 19.1 Å². The van der Waals surface area contributed by atoms with E-state index in [1.807, 2.05) is 0 Å². The van der Waals surface area contributed by atoms with Gasteiger partial charge >= 0.3 is 5.97 Å². The van der Waals surface area contributed by atoms with Gasteiger partial charge in [-0.1, -0.05) is 110 Å². The Morgan fingerprint density at radius 3 is 2.12 bits per heavy atom. The van der Waals surface area contributed by atoms with Crippen molar-refractivity contribution in [2.24, 2.45) is 17.6 Å². The molecule has 0 spiro atoms. The zero-order chi connectivity index (χ0) is 24.6. The largest absolute Gasteiger partial charge is 0.461 e. The SMILES string of the molecule is CCCCCCCCCCC[C@@H](C[C@@H]1OC(=O)[C@H]1CCCCCC)O[C@@H]1CCCCC1C(N)=O. The number of esters is 1. The lowest BCUT2D eigenvalue weighted by atomic mass is 9.84. The van der Waals surface area contributed by atoms with E-state index in [1.54, 1.807) is 0 Å². The van der Waals surface area contributed by atoms with Crippen molar-refractivity contribution in [1.82, 2.24) is 0 Å². The second-order valence-electron chi connectivity index (χ2n) is 10.9. The first kappa shape index (κ1) is 29.1. The maximum Gasteiger partial charge on any atom is 0.313 e. The van der Waals surface area contributed by atoms with Gasteiger partial charge < -0.3 is 15.2 Å². The van der Waals surface area contributed by atoms with E-state index in [9.17, 15) is 9.59 Å². The van der Waals surface area contributed by atoms with E-state index < -0.39 is 0 Å². The van der Waals surface area contributed by atoms with E-state index in [4.69, 9.17) is 15.2 Å². The molecule has 0 radical (unpaired) electrons. The molecule has 0 aromatic rings. The summed E-state index contributed by atoms with van der Waals surface area (Å²) in [5, 5.41) is 0. The number of hydrogen-bond acceptors (Lipinski definition) is 4. The first-order valence-electron chi connectivity index (χ1n) is 14.7. The number of hydrogen-bond donors (Lipinski definition) is 1. The third-order valence-corrected chi connectivity index (χ3v) is 7.95. The van der Waals surface area contributed by atoms with Crippen LogP contribution in [-0.4, -0.2) is 30.2 Å². The number of primary amides is 1. The van der Waals surface area contributed by atoms with Gasteiger partial charge in [-0.3, -0.25) is 9.59 Å². The molecule has 2 rings (SSSR count). The van der Waals surface area contributed by atoms with E-state index in [0.29, 0.717) is 0 Å². The molecule has 1 unspecified atom stereocenters. The van der Waals surface area contributed by atoms with Crippen LogP contribution in [0.1, 0.15) is 142 Å². The Balaban J connectivity index is 1.81. The van der Waals surface area contributed by atoms with Crippen LogP contribution in [0.25, 0.3) is 0 Å². The molecule has 1 heterocycles. The maximum absolute atomic E-state index is 12.1. The molecule has 1 aliphatic heterocycles. The number of carbonyl (C=O) groups is 2. The molecule has 5 nitrogen and oxygen atoms in total. The molecule has 5 atom stereocenters. The van der Waals surface area contributed by atoms with Gasteiger partial charge in [0.25, 0.3) is 0 Å². The monoisotopic (exact) mass is 479 g/mol. The number of nitrogens with two attached hydrogens (primary N) is 1. The van der Waals surface area contributed by atoms with Gasteiger partial charge in [0, 0.05) is 6.42 Å². The standard InChI is InChI=1S/C29H53NO4/c1-3-5-7-9-10-11-12-13-14-18-23(33-26-21-17-16-19-24(26)28(30)31)22-27-25(29(32)34-27)20-15-8-6-4-2/h23-27H,3-22H2,1-2H3,(H2,30,31)/t23-,24?,25-,26+,27-/m0/s1. The highest BCUT2D eigenvalue weighted by atomic mass is 16.6. The van der Waals surface area contributed by atoms with Crippen LogP contribution >= 0.6 is 0 Å². The first-order valence-corrected chi connectivity index (χ1v) is 14.7. The van der Waals surface area contributed by atoms with Gasteiger partial charge in [-0.15, -0.1) is 0 Å². The summed E-state index contributed by atoms with van der Waals surface area (Å²) in [5.74, 6) is -0.399. The van der Waals surface area contributed by atoms with Crippen LogP contribution in [0.5, 0.6) is 0 Å². The summed E-state index contributed by atoms with van der Waals surface area (Å²) in [4.78, 5) is 24.1. The number of ether oxygens (including phenoxy) is 2. The summed E-state index contributed by atoms with van der Waals surface area (Å²) in [5.41, 5.74) is 5.70. The molecule has 1 saturated heterocycles. The predicted molar refractivity (Wildman–Crippen MR) is 138 cm³/mol. The number of rotatable bonds is 20. The number of cyclic esters (lactones) is 1. The molecule has 2 N–H and O–H groups in total. The van der Waals surface area contributed by atoms with Crippen LogP contribution in [0, 0.1) is 11.8 Å². The zero-order valence-corrected chi connectivity index (χ0v) is 22.2. The van der Waals surface area contributed by atoms with Gasteiger partial charge in [0.15, 0.2) is 0 Å². The quantitative estimate of drug-likeness (QED) is 0.147. The summed E-state index contributed by atoms with van der Waals surface area (Å²) in [7, 11) is 0. The van der Waals surface area contributed by atoms with Gasteiger partial charge in [-0.25, -0.2) is 0 Å². The van der Waals surface area contributed by atoms with Crippen LogP contribution in [0.15, 0.2) is 0 Å². The first-order chi connectivity index (χ1) is 16.6. The van der Waals surface area contributed by atoms with Gasteiger partial charge in [0.05, 0.1) is 24.0 Å². The molecule has 0 aromatic heterocycles. The maximum atomic E-state index is 12.1. The highest BCUT2D eigenvalue weighted by molar-refractivity contribution is 5.78. The fraction of sp³-hybridized carbons (Fsp3) is 0.931. The van der Waals surface area contributed by atoms with Gasteiger partial charge in [0.2, 0.25) is 5.91 Å². The Bertz CT molecular complexity index is 566. The summed E-state index contributed by atoms with van der Waals surface area (Å²) >= 11 is 0. The second kappa shape index (κ2) is 17.3. The Hall–Kier alpha value is -1.10. The van der Waals surface area contributed by atoms with Gasteiger partial charge in [0.1, 0.15) is 6.10 Å². The Labute approximate surface area is 209 Å². The summed E-state index contributed by atoms with van der Waals surface area (Å²) in [6, 6.07) is 0. The Morgan fingerprint density at radius 1 is 0.912 bits per heavy atom. The molecule has 2 fully saturated rings. The topological polar surface area (TPSA) is 78.6 Å². The van der Waals surface area contributed by atoms with Crippen molar-refractivity contribution >= 4 is 11.9 Å². The lowest BCUT2D eigenvalue weighted by molar-refractivity contribution is -0.191. The second-order valence-corrected chi connectivity index (χ2v) is 10.9. The summed E-state index contributed by atoms with van der Waals surface area (Å²) in [6.45, 7) is 4.47. The molecule has 1 amide bonds. The van der Waals surface area contributed by atoms with E-state index in [0.717, 1.165) is 57.8 Å². The van der Waals surface area contributed by atoms with Crippen molar-refractivity contribution in [2.75, 3.05) is 0 Å². The molecule has 0 aromatic carbocycles. The molecule has 2 aliphatic rings. The van der Waals surface area contributed by atoms with Crippen molar-refractivity contribution in [1.29, 1.82) is 0 Å². The molecule has 0 bridgehead atoms. The third kappa shape index (κ3) is 10.7. The number of carbonyl (C=O) groups excluding carboxylic acids is 2. The summed E-state index contributed by atoms with van der Waals surface area (Å²) in [6.07, 6.45) is 22.9. The van der Waals surface area contributed by atoms with Crippen LogP contribution in [0.4, 0.5) is 0 Å². The Morgan fingerprint density at radius 2 is 1.50 bits per heavy atom. The van der Waals surface area contributed by atoms with Crippen molar-refractivity contribution in [3.63, 3.8) is 0 Å². The summed E-state index contributed by atoms with van der Waals surface area (Å²) < 4.78 is 12.2. The van der Waals surface area contributed by atoms with E-state index in [1.165, 1.54) is 70.6 Å². The van der Waals surface area contributed by atoms with Crippen molar-refractivity contribution in [3.8, 4) is 0 Å². The van der Waals surface area contributed by atoms with Gasteiger partial charge in [-0.2, -0.15) is 0 Å². The fourth-order valence-corrected chi connectivity index (χ4v) is 5.72. The molecular formula is C29H53NO4. The Kier molecular flexibility index (Phi) is 14.9. The van der Waals surface area contributed by atoms with Crippen LogP contribution in [0.2, 0.25) is 0 Å². The average molecular weight is 480 g/mol. The molecule has 1 saturated carbocycles. The van der Waals surface area contributed by atoms with E-state index in [-0.39, 0.29) is 42.0 Å². The van der Waals surface area contributed by atoms with Crippen molar-refractivity contribution in [3.05, 3.63) is 0 Å². The lowest BCUT2D eigenvalue weighted by Gasteiger charge is -2.39. The molecule has 5 heteroatoms. The third-order valence-electron chi connectivity index (χ3n) is 7.95. The zero-order valence-electron chi connectivity index (χ0n) is 22.2. The van der Waals surface area contributed by atoms with Crippen LogP contribution < -0.4 is 5.73 Å². The predicted octanol–water partition coefficient (Wildman–Crippen LogP) is 7.24. The normalized spacial score (nSPS) is 25.5. The molecule has 1 aliphatic carbocycles. The fourth-order valence-electron chi connectivity index (χ4n) is 5.72. The average Bonchev–Trinajstić information content (AvgIpc) is 2.82. The highest BCUT2D eigenvalue weighted by Crippen LogP contribution is 2.35.